The highest BCUT2D eigenvalue weighted by Crippen LogP contribution is 2.20. The number of nitrogens with zero attached hydrogens (tertiary/aromatic N) is 2. The number of nitrogens with one attached hydrogen (secondary N) is 1. The molecule has 0 saturated heterocycles. The first-order valence-corrected chi connectivity index (χ1v) is 6.94. The predicted octanol–water partition coefficient (Wildman–Crippen LogP) is 2.70. The van der Waals surface area contributed by atoms with E-state index in [1.54, 1.807) is 29.7 Å². The molecule has 0 aliphatic carbocycles. The Kier molecular flexibility index (Phi) is 4.16. The van der Waals surface area contributed by atoms with Crippen molar-refractivity contribution in [3.05, 3.63) is 46.3 Å². The fourth-order valence-corrected chi connectivity index (χ4v) is 2.55. The van der Waals surface area contributed by atoms with Gasteiger partial charge in [0.1, 0.15) is 5.82 Å². The highest BCUT2D eigenvalue weighted by molar-refractivity contribution is 7.10. The first-order chi connectivity index (χ1) is 9.09. The van der Waals surface area contributed by atoms with E-state index in [-0.39, 0.29) is 11.9 Å². The van der Waals surface area contributed by atoms with Gasteiger partial charge in [0.2, 0.25) is 0 Å². The lowest BCUT2D eigenvalue weighted by molar-refractivity contribution is 0.0940. The maximum atomic E-state index is 12.3. The summed E-state index contributed by atoms with van der Waals surface area (Å²) in [5.74, 6) is 0.580. The second kappa shape index (κ2) is 5.84. The van der Waals surface area contributed by atoms with Crippen molar-refractivity contribution in [3.8, 4) is 0 Å². The van der Waals surface area contributed by atoms with Crippen molar-refractivity contribution in [2.45, 2.75) is 13.0 Å². The van der Waals surface area contributed by atoms with Crippen LogP contribution in [0, 0.1) is 0 Å². The lowest BCUT2D eigenvalue weighted by Crippen LogP contribution is -2.28. The topological polar surface area (TPSA) is 45.2 Å². The molecule has 0 spiro atoms. The summed E-state index contributed by atoms with van der Waals surface area (Å²) >= 11 is 1.64. The fraction of sp³-hybridized carbons (Fsp3) is 0.286. The number of anilines is 1. The molecule has 5 heteroatoms. The van der Waals surface area contributed by atoms with Crippen LogP contribution in [0.25, 0.3) is 0 Å². The molecule has 1 amide bonds. The molecule has 0 aliphatic rings. The first kappa shape index (κ1) is 13.5. The molecule has 1 atom stereocenters. The van der Waals surface area contributed by atoms with Gasteiger partial charge in [-0.25, -0.2) is 4.98 Å². The maximum Gasteiger partial charge on any atom is 0.255 e. The molecule has 1 N–H and O–H groups in total. The van der Waals surface area contributed by atoms with Gasteiger partial charge in [0.25, 0.3) is 5.91 Å². The van der Waals surface area contributed by atoms with E-state index in [1.165, 1.54) is 0 Å². The number of amides is 1. The van der Waals surface area contributed by atoms with Crippen LogP contribution < -0.4 is 10.2 Å². The summed E-state index contributed by atoms with van der Waals surface area (Å²) in [5.41, 5.74) is 0.593. The van der Waals surface area contributed by atoms with E-state index in [4.69, 9.17) is 0 Å². The van der Waals surface area contributed by atoms with Gasteiger partial charge in [0.05, 0.1) is 11.6 Å². The Labute approximate surface area is 117 Å². The number of hydrogen-bond donors (Lipinski definition) is 1. The zero-order chi connectivity index (χ0) is 13.8. The van der Waals surface area contributed by atoms with Gasteiger partial charge in [-0.3, -0.25) is 4.79 Å². The van der Waals surface area contributed by atoms with Gasteiger partial charge in [-0.15, -0.1) is 11.3 Å². The van der Waals surface area contributed by atoms with Crippen LogP contribution in [-0.4, -0.2) is 25.0 Å². The molecular formula is C14H17N3OS. The van der Waals surface area contributed by atoms with Crippen molar-refractivity contribution < 1.29 is 4.79 Å². The molecule has 0 bridgehead atoms. The van der Waals surface area contributed by atoms with Gasteiger partial charge >= 0.3 is 0 Å². The SMILES string of the molecule is CC(NC(=O)c1cccnc1N(C)C)c1cccs1. The van der Waals surface area contributed by atoms with Crippen LogP contribution in [0.5, 0.6) is 0 Å². The molecule has 4 nitrogen and oxygen atoms in total. The van der Waals surface area contributed by atoms with Gasteiger partial charge in [0.15, 0.2) is 0 Å². The van der Waals surface area contributed by atoms with Crippen LogP contribution in [0.15, 0.2) is 35.8 Å². The zero-order valence-electron chi connectivity index (χ0n) is 11.3. The van der Waals surface area contributed by atoms with E-state index >= 15 is 0 Å². The molecule has 0 aliphatic heterocycles. The van der Waals surface area contributed by atoms with E-state index in [0.29, 0.717) is 11.4 Å². The van der Waals surface area contributed by atoms with Gasteiger partial charge in [-0.05, 0) is 30.5 Å². The number of hydrogen-bond acceptors (Lipinski definition) is 4. The van der Waals surface area contributed by atoms with Crippen molar-refractivity contribution in [3.63, 3.8) is 0 Å². The number of rotatable bonds is 4. The Morgan fingerprint density at radius 1 is 1.37 bits per heavy atom. The Morgan fingerprint density at radius 2 is 2.16 bits per heavy atom. The predicted molar refractivity (Wildman–Crippen MR) is 78.8 cm³/mol. The second-order valence-electron chi connectivity index (χ2n) is 4.48. The summed E-state index contributed by atoms with van der Waals surface area (Å²) in [4.78, 5) is 19.5. The highest BCUT2D eigenvalue weighted by Gasteiger charge is 2.16. The summed E-state index contributed by atoms with van der Waals surface area (Å²) in [7, 11) is 3.75. The number of carbonyl (C=O) groups excluding carboxylic acids is 1. The van der Waals surface area contributed by atoms with Crippen molar-refractivity contribution in [2.75, 3.05) is 19.0 Å². The third-order valence-corrected chi connectivity index (χ3v) is 3.83. The highest BCUT2D eigenvalue weighted by atomic mass is 32.1. The van der Waals surface area contributed by atoms with E-state index in [9.17, 15) is 4.79 Å². The zero-order valence-corrected chi connectivity index (χ0v) is 12.1. The number of carbonyl (C=O) groups is 1. The van der Waals surface area contributed by atoms with Gasteiger partial charge in [0, 0.05) is 25.2 Å². The van der Waals surface area contributed by atoms with Crippen LogP contribution >= 0.6 is 11.3 Å². The van der Waals surface area contributed by atoms with Crippen LogP contribution in [0.3, 0.4) is 0 Å². The monoisotopic (exact) mass is 275 g/mol. The lowest BCUT2D eigenvalue weighted by atomic mass is 10.2. The van der Waals surface area contributed by atoms with E-state index < -0.39 is 0 Å². The van der Waals surface area contributed by atoms with Crippen LogP contribution in [0.2, 0.25) is 0 Å². The molecule has 2 heterocycles. The minimum atomic E-state index is -0.0994. The maximum absolute atomic E-state index is 12.3. The number of pyridine rings is 1. The van der Waals surface area contributed by atoms with Crippen molar-refractivity contribution >= 4 is 23.1 Å². The molecular weight excluding hydrogens is 258 g/mol. The standard InChI is InChI=1S/C14H17N3OS/c1-10(12-7-5-9-19-12)16-14(18)11-6-4-8-15-13(11)17(2)3/h4-10H,1-3H3,(H,16,18). The summed E-state index contributed by atoms with van der Waals surface area (Å²) < 4.78 is 0. The van der Waals surface area contributed by atoms with Crippen molar-refractivity contribution in [1.29, 1.82) is 0 Å². The molecule has 19 heavy (non-hydrogen) atoms. The van der Waals surface area contributed by atoms with Crippen molar-refractivity contribution in [1.82, 2.24) is 10.3 Å². The Morgan fingerprint density at radius 3 is 2.79 bits per heavy atom. The molecule has 1 unspecified atom stereocenters. The minimum absolute atomic E-state index is 0.00252. The van der Waals surface area contributed by atoms with Gasteiger partial charge in [-0.2, -0.15) is 0 Å². The number of thiophene rings is 1. The van der Waals surface area contributed by atoms with Crippen LogP contribution in [0.1, 0.15) is 28.2 Å². The summed E-state index contributed by atoms with van der Waals surface area (Å²) in [6, 6.07) is 7.57. The third-order valence-electron chi connectivity index (χ3n) is 2.77. The van der Waals surface area contributed by atoms with E-state index in [2.05, 4.69) is 10.3 Å². The smallest absolute Gasteiger partial charge is 0.255 e. The molecule has 2 aromatic rings. The minimum Gasteiger partial charge on any atom is -0.362 e. The molecule has 0 aromatic carbocycles. The van der Waals surface area contributed by atoms with Crippen molar-refractivity contribution in [2.24, 2.45) is 0 Å². The number of aromatic nitrogens is 1. The van der Waals surface area contributed by atoms with Crippen LogP contribution in [-0.2, 0) is 0 Å². The summed E-state index contributed by atoms with van der Waals surface area (Å²) in [6.45, 7) is 1.98. The van der Waals surface area contributed by atoms with E-state index in [0.717, 1.165) is 4.88 Å². The molecule has 2 aromatic heterocycles. The average molecular weight is 275 g/mol. The average Bonchev–Trinajstić information content (AvgIpc) is 2.92. The van der Waals surface area contributed by atoms with Gasteiger partial charge < -0.3 is 10.2 Å². The molecule has 2 rings (SSSR count). The second-order valence-corrected chi connectivity index (χ2v) is 5.46. The van der Waals surface area contributed by atoms with E-state index in [1.807, 2.05) is 43.4 Å². The molecule has 0 radical (unpaired) electrons. The van der Waals surface area contributed by atoms with Crippen LogP contribution in [0.4, 0.5) is 5.82 Å². The molecule has 0 fully saturated rings. The van der Waals surface area contributed by atoms with Gasteiger partial charge in [-0.1, -0.05) is 6.07 Å². The Balaban J connectivity index is 2.16. The molecule has 0 saturated carbocycles. The summed E-state index contributed by atoms with van der Waals surface area (Å²) in [6.07, 6.45) is 1.69. The normalized spacial score (nSPS) is 11.9. The third kappa shape index (κ3) is 3.12. The Bertz CT molecular complexity index is 552. The Hall–Kier alpha value is -1.88. The quantitative estimate of drug-likeness (QED) is 0.933. The molecule has 100 valence electrons. The lowest BCUT2D eigenvalue weighted by Gasteiger charge is -2.17. The largest absolute Gasteiger partial charge is 0.362 e. The summed E-state index contributed by atoms with van der Waals surface area (Å²) in [5, 5.41) is 5.01. The first-order valence-electron chi connectivity index (χ1n) is 6.06. The fourth-order valence-electron chi connectivity index (χ4n) is 1.81.